The van der Waals surface area contributed by atoms with Gasteiger partial charge in [-0.2, -0.15) is 0 Å². The van der Waals surface area contributed by atoms with Gasteiger partial charge in [-0.1, -0.05) is 23.4 Å². The zero-order valence-electron chi connectivity index (χ0n) is 16.0. The summed E-state index contributed by atoms with van der Waals surface area (Å²) >= 11 is 8.50. The van der Waals surface area contributed by atoms with E-state index in [0.717, 1.165) is 5.69 Å². The summed E-state index contributed by atoms with van der Waals surface area (Å²) < 4.78 is 1.76. The molecule has 2 heterocycles. The number of aryl methyl sites for hydroxylation is 1. The minimum atomic E-state index is -0.364. The summed E-state index contributed by atoms with van der Waals surface area (Å²) in [6.07, 6.45) is 0. The smallest absolute Gasteiger partial charge is 0.251 e. The van der Waals surface area contributed by atoms with Crippen molar-refractivity contribution in [2.75, 3.05) is 11.1 Å². The average Bonchev–Trinajstić information content (AvgIpc) is 3.25. The van der Waals surface area contributed by atoms with E-state index in [1.54, 1.807) is 35.9 Å². The fourth-order valence-electron chi connectivity index (χ4n) is 2.47. The zero-order chi connectivity index (χ0) is 21.0. The molecule has 152 valence electrons. The Kier molecular flexibility index (Phi) is 6.88. The second-order valence-electron chi connectivity index (χ2n) is 6.23. The van der Waals surface area contributed by atoms with E-state index >= 15 is 0 Å². The third kappa shape index (κ3) is 5.55. The summed E-state index contributed by atoms with van der Waals surface area (Å²) in [7, 11) is 1.80. The Balaban J connectivity index is 1.57. The second kappa shape index (κ2) is 9.38. The lowest BCUT2D eigenvalue weighted by Crippen LogP contribution is -2.28. The van der Waals surface area contributed by atoms with E-state index in [-0.39, 0.29) is 23.6 Å². The number of hydrogen-bond donors (Lipinski definition) is 2. The number of thioether (sulfide) groups is 1. The fraction of sp³-hybridized carbons (Fsp3) is 0.278. The third-order valence-corrected chi connectivity index (χ3v) is 6.06. The van der Waals surface area contributed by atoms with E-state index < -0.39 is 0 Å². The highest BCUT2D eigenvalue weighted by molar-refractivity contribution is 7.99. The largest absolute Gasteiger partial charge is 0.342 e. The van der Waals surface area contributed by atoms with E-state index in [1.165, 1.54) is 23.1 Å². The quantitative estimate of drug-likeness (QED) is 0.534. The topological polar surface area (TPSA) is 102 Å². The molecule has 3 rings (SSSR count). The highest BCUT2D eigenvalue weighted by Crippen LogP contribution is 2.21. The van der Waals surface area contributed by atoms with E-state index in [2.05, 4.69) is 25.8 Å². The molecule has 0 aliphatic heterocycles. The van der Waals surface area contributed by atoms with Crippen molar-refractivity contribution in [1.29, 1.82) is 0 Å². The lowest BCUT2D eigenvalue weighted by Gasteiger charge is -2.13. The van der Waals surface area contributed by atoms with Gasteiger partial charge in [0.1, 0.15) is 0 Å². The summed E-state index contributed by atoms with van der Waals surface area (Å²) in [5, 5.41) is 17.5. The summed E-state index contributed by atoms with van der Waals surface area (Å²) in [6.45, 7) is 3.69. The molecule has 0 saturated heterocycles. The first-order valence-electron chi connectivity index (χ1n) is 8.64. The van der Waals surface area contributed by atoms with Gasteiger partial charge < -0.3 is 15.2 Å². The summed E-state index contributed by atoms with van der Waals surface area (Å²) in [5.41, 5.74) is 1.37. The van der Waals surface area contributed by atoms with Crippen molar-refractivity contribution in [3.63, 3.8) is 0 Å². The van der Waals surface area contributed by atoms with Crippen LogP contribution in [-0.4, -0.2) is 37.3 Å². The SMILES string of the molecule is Cc1csc(NC(=O)CSc2nnc([C@H](C)NC(=O)c3ccc(Cl)cc3)n2C)n1. The molecule has 2 N–H and O–H groups in total. The number of rotatable bonds is 7. The van der Waals surface area contributed by atoms with Crippen LogP contribution in [0.1, 0.15) is 34.8 Å². The molecule has 1 aromatic carbocycles. The van der Waals surface area contributed by atoms with E-state index in [0.29, 0.717) is 26.7 Å². The first-order valence-corrected chi connectivity index (χ1v) is 10.9. The number of halogens is 1. The number of hydrogen-bond acceptors (Lipinski definition) is 7. The summed E-state index contributed by atoms with van der Waals surface area (Å²) in [5.74, 6) is 0.365. The van der Waals surface area contributed by atoms with Crippen molar-refractivity contribution >= 4 is 51.6 Å². The van der Waals surface area contributed by atoms with Gasteiger partial charge in [0.25, 0.3) is 5.91 Å². The Morgan fingerprint density at radius 3 is 2.66 bits per heavy atom. The summed E-state index contributed by atoms with van der Waals surface area (Å²) in [4.78, 5) is 28.7. The van der Waals surface area contributed by atoms with Gasteiger partial charge in [-0.25, -0.2) is 4.98 Å². The monoisotopic (exact) mass is 450 g/mol. The normalized spacial score (nSPS) is 11.9. The Hall–Kier alpha value is -2.43. The fourth-order valence-corrected chi connectivity index (χ4v) is 4.02. The van der Waals surface area contributed by atoms with Gasteiger partial charge in [-0.05, 0) is 38.1 Å². The number of nitrogens with one attached hydrogen (secondary N) is 2. The van der Waals surface area contributed by atoms with Crippen molar-refractivity contribution in [1.82, 2.24) is 25.1 Å². The van der Waals surface area contributed by atoms with Crippen LogP contribution < -0.4 is 10.6 Å². The highest BCUT2D eigenvalue weighted by atomic mass is 35.5. The maximum Gasteiger partial charge on any atom is 0.251 e. The molecule has 0 radical (unpaired) electrons. The predicted molar refractivity (Wildman–Crippen MR) is 115 cm³/mol. The molecule has 11 heteroatoms. The van der Waals surface area contributed by atoms with Crippen LogP contribution in [-0.2, 0) is 11.8 Å². The molecule has 0 unspecified atom stereocenters. The van der Waals surface area contributed by atoms with Gasteiger partial charge in [0.15, 0.2) is 16.1 Å². The number of amides is 2. The summed E-state index contributed by atoms with van der Waals surface area (Å²) in [6, 6.07) is 6.28. The minimum absolute atomic E-state index is 0.169. The predicted octanol–water partition coefficient (Wildman–Crippen LogP) is 3.46. The number of carbonyl (C=O) groups excluding carboxylic acids is 2. The van der Waals surface area contributed by atoms with Crippen LogP contribution in [0.4, 0.5) is 5.13 Å². The first kappa shape index (κ1) is 21.3. The molecule has 0 bridgehead atoms. The minimum Gasteiger partial charge on any atom is -0.342 e. The van der Waals surface area contributed by atoms with Crippen LogP contribution in [0, 0.1) is 6.92 Å². The number of benzene rings is 1. The number of thiazole rings is 1. The van der Waals surface area contributed by atoms with Crippen molar-refractivity contribution in [3.8, 4) is 0 Å². The average molecular weight is 451 g/mol. The molecule has 0 aliphatic rings. The lowest BCUT2D eigenvalue weighted by molar-refractivity contribution is -0.113. The Bertz CT molecular complexity index is 1020. The van der Waals surface area contributed by atoms with E-state index in [4.69, 9.17) is 11.6 Å². The van der Waals surface area contributed by atoms with Crippen LogP contribution in [0.2, 0.25) is 5.02 Å². The van der Waals surface area contributed by atoms with Gasteiger partial charge in [-0.15, -0.1) is 21.5 Å². The standard InChI is InChI=1S/C18H19ClN6O2S2/c1-10-8-28-17(20-10)22-14(26)9-29-18-24-23-15(25(18)3)11(2)21-16(27)12-4-6-13(19)7-5-12/h4-8,11H,9H2,1-3H3,(H,21,27)(H,20,22,26)/t11-/m0/s1. The second-order valence-corrected chi connectivity index (χ2v) is 8.47. The molecule has 0 spiro atoms. The van der Waals surface area contributed by atoms with Gasteiger partial charge >= 0.3 is 0 Å². The highest BCUT2D eigenvalue weighted by Gasteiger charge is 2.19. The number of nitrogens with zero attached hydrogens (tertiary/aromatic N) is 4. The number of carbonyl (C=O) groups is 2. The number of anilines is 1. The molecule has 2 aromatic heterocycles. The molecular weight excluding hydrogens is 432 g/mol. The van der Waals surface area contributed by atoms with Gasteiger partial charge in [0, 0.05) is 23.0 Å². The number of aromatic nitrogens is 4. The molecule has 3 aromatic rings. The third-order valence-electron chi connectivity index (χ3n) is 3.91. The maximum atomic E-state index is 12.4. The molecule has 2 amide bonds. The molecule has 0 aliphatic carbocycles. The zero-order valence-corrected chi connectivity index (χ0v) is 18.4. The molecule has 0 saturated carbocycles. The first-order chi connectivity index (χ1) is 13.8. The van der Waals surface area contributed by atoms with Gasteiger partial charge in [0.05, 0.1) is 17.5 Å². The molecule has 1 atom stereocenters. The van der Waals surface area contributed by atoms with Crippen LogP contribution in [0.25, 0.3) is 0 Å². The van der Waals surface area contributed by atoms with E-state index in [9.17, 15) is 9.59 Å². The van der Waals surface area contributed by atoms with Crippen LogP contribution in [0.3, 0.4) is 0 Å². The van der Waals surface area contributed by atoms with Crippen molar-refractivity contribution in [2.24, 2.45) is 7.05 Å². The maximum absolute atomic E-state index is 12.4. The lowest BCUT2D eigenvalue weighted by atomic mass is 10.2. The molecule has 29 heavy (non-hydrogen) atoms. The van der Waals surface area contributed by atoms with Crippen molar-refractivity contribution in [2.45, 2.75) is 25.0 Å². The molecular formula is C18H19ClN6O2S2. The molecule has 8 nitrogen and oxygen atoms in total. The molecule has 0 fully saturated rings. The Morgan fingerprint density at radius 2 is 2.00 bits per heavy atom. The van der Waals surface area contributed by atoms with Crippen LogP contribution in [0.15, 0.2) is 34.8 Å². The van der Waals surface area contributed by atoms with Crippen molar-refractivity contribution < 1.29 is 9.59 Å². The Morgan fingerprint density at radius 1 is 1.28 bits per heavy atom. The van der Waals surface area contributed by atoms with Crippen LogP contribution >= 0.6 is 34.7 Å². The van der Waals surface area contributed by atoms with Gasteiger partial charge in [-0.3, -0.25) is 9.59 Å². The van der Waals surface area contributed by atoms with E-state index in [1.807, 2.05) is 19.2 Å². The van der Waals surface area contributed by atoms with Gasteiger partial charge in [0.2, 0.25) is 5.91 Å². The van der Waals surface area contributed by atoms with Crippen molar-refractivity contribution in [3.05, 3.63) is 51.7 Å². The Labute approximate surface area is 181 Å². The van der Waals surface area contributed by atoms with Crippen LogP contribution in [0.5, 0.6) is 0 Å².